The minimum atomic E-state index is -0.641. The molecule has 1 aromatic heterocycles. The predicted molar refractivity (Wildman–Crippen MR) is 78.4 cm³/mol. The van der Waals surface area contributed by atoms with Gasteiger partial charge in [0, 0.05) is 18.8 Å². The van der Waals surface area contributed by atoms with Crippen molar-refractivity contribution in [3.05, 3.63) is 30.1 Å². The number of aromatic nitrogens is 1. The zero-order chi connectivity index (χ0) is 14.6. The van der Waals surface area contributed by atoms with Crippen LogP contribution in [0.2, 0.25) is 0 Å². The van der Waals surface area contributed by atoms with Gasteiger partial charge in [-0.05, 0) is 44.9 Å². The zero-order valence-electron chi connectivity index (χ0n) is 12.4. The molecular weight excluding hydrogens is 252 g/mol. The quantitative estimate of drug-likeness (QED) is 0.897. The van der Waals surface area contributed by atoms with Gasteiger partial charge < -0.3 is 5.11 Å². The van der Waals surface area contributed by atoms with Crippen molar-refractivity contribution in [2.75, 3.05) is 13.1 Å². The minimum Gasteiger partial charge on any atom is -0.481 e. The highest BCUT2D eigenvalue weighted by Crippen LogP contribution is 2.37. The molecule has 0 bridgehead atoms. The smallest absolute Gasteiger partial charge is 0.310 e. The molecule has 0 aliphatic carbocycles. The van der Waals surface area contributed by atoms with Gasteiger partial charge in [-0.1, -0.05) is 19.4 Å². The predicted octanol–water partition coefficient (Wildman–Crippen LogP) is 3.11. The lowest BCUT2D eigenvalue weighted by Crippen LogP contribution is -2.48. The monoisotopic (exact) mass is 276 g/mol. The van der Waals surface area contributed by atoms with Gasteiger partial charge in [0.2, 0.25) is 0 Å². The lowest BCUT2D eigenvalue weighted by atomic mass is 9.76. The standard InChI is InChI=1S/C16H24N2O2/c1-3-8-16(15(19)20)9-6-11-18(12-16)13(2)14-7-4-5-10-17-14/h4-5,7,10,13H,3,6,8-9,11-12H2,1-2H3,(H,19,20). The maximum atomic E-state index is 11.7. The Kier molecular flexibility index (Phi) is 4.76. The highest BCUT2D eigenvalue weighted by molar-refractivity contribution is 5.75. The van der Waals surface area contributed by atoms with Crippen LogP contribution in [0.4, 0.5) is 0 Å². The van der Waals surface area contributed by atoms with Gasteiger partial charge in [-0.25, -0.2) is 0 Å². The molecule has 0 amide bonds. The first-order valence-electron chi connectivity index (χ1n) is 7.47. The van der Waals surface area contributed by atoms with Crippen molar-refractivity contribution < 1.29 is 9.90 Å². The van der Waals surface area contributed by atoms with Crippen molar-refractivity contribution in [3.63, 3.8) is 0 Å². The molecule has 1 saturated heterocycles. The van der Waals surface area contributed by atoms with Crippen LogP contribution in [-0.2, 0) is 4.79 Å². The number of carboxylic acids is 1. The second-order valence-corrected chi connectivity index (χ2v) is 5.84. The number of nitrogens with zero attached hydrogens (tertiary/aromatic N) is 2. The Morgan fingerprint density at radius 1 is 1.55 bits per heavy atom. The van der Waals surface area contributed by atoms with E-state index >= 15 is 0 Å². The van der Waals surface area contributed by atoms with Gasteiger partial charge in [-0.3, -0.25) is 14.7 Å². The third-order valence-corrected chi connectivity index (χ3v) is 4.45. The molecule has 4 nitrogen and oxygen atoms in total. The van der Waals surface area contributed by atoms with Crippen molar-refractivity contribution in [1.82, 2.24) is 9.88 Å². The number of pyridine rings is 1. The van der Waals surface area contributed by atoms with E-state index in [0.717, 1.165) is 37.9 Å². The van der Waals surface area contributed by atoms with E-state index in [1.54, 1.807) is 6.20 Å². The molecule has 1 aliphatic heterocycles. The summed E-state index contributed by atoms with van der Waals surface area (Å²) in [5.74, 6) is -0.641. The summed E-state index contributed by atoms with van der Waals surface area (Å²) in [4.78, 5) is 18.4. The van der Waals surface area contributed by atoms with Gasteiger partial charge in [0.05, 0.1) is 11.1 Å². The molecule has 2 heterocycles. The number of rotatable bonds is 5. The lowest BCUT2D eigenvalue weighted by Gasteiger charge is -2.42. The first-order chi connectivity index (χ1) is 9.59. The molecule has 2 rings (SSSR count). The second kappa shape index (κ2) is 6.35. The third kappa shape index (κ3) is 3.01. The summed E-state index contributed by atoms with van der Waals surface area (Å²) in [6.07, 6.45) is 5.21. The maximum absolute atomic E-state index is 11.7. The molecule has 2 atom stereocenters. The van der Waals surface area contributed by atoms with E-state index in [-0.39, 0.29) is 6.04 Å². The van der Waals surface area contributed by atoms with Gasteiger partial charge in [0.15, 0.2) is 0 Å². The highest BCUT2D eigenvalue weighted by Gasteiger charge is 2.42. The Hall–Kier alpha value is -1.42. The molecule has 0 radical (unpaired) electrons. The average molecular weight is 276 g/mol. The molecule has 1 fully saturated rings. The Bertz CT molecular complexity index is 445. The van der Waals surface area contributed by atoms with Crippen LogP contribution in [0.25, 0.3) is 0 Å². The van der Waals surface area contributed by atoms with Crippen LogP contribution in [0.5, 0.6) is 0 Å². The van der Waals surface area contributed by atoms with Crippen LogP contribution in [0.1, 0.15) is 51.3 Å². The third-order valence-electron chi connectivity index (χ3n) is 4.45. The maximum Gasteiger partial charge on any atom is 0.310 e. The first-order valence-corrected chi connectivity index (χ1v) is 7.47. The topological polar surface area (TPSA) is 53.4 Å². The van der Waals surface area contributed by atoms with Crippen molar-refractivity contribution in [1.29, 1.82) is 0 Å². The molecule has 0 spiro atoms. The molecule has 110 valence electrons. The number of hydrogen-bond donors (Lipinski definition) is 1. The Labute approximate surface area is 120 Å². The van der Waals surface area contributed by atoms with Crippen molar-refractivity contribution in [2.45, 2.75) is 45.6 Å². The SMILES string of the molecule is CCCC1(C(=O)O)CCCN(C(C)c2ccccn2)C1. The molecule has 1 aromatic rings. The number of aliphatic carboxylic acids is 1. The summed E-state index contributed by atoms with van der Waals surface area (Å²) < 4.78 is 0. The van der Waals surface area contributed by atoms with Crippen molar-refractivity contribution >= 4 is 5.97 Å². The Morgan fingerprint density at radius 2 is 2.35 bits per heavy atom. The van der Waals surface area contributed by atoms with E-state index in [9.17, 15) is 9.90 Å². The molecule has 1 N–H and O–H groups in total. The van der Waals surface area contributed by atoms with Gasteiger partial charge >= 0.3 is 5.97 Å². The molecule has 4 heteroatoms. The van der Waals surface area contributed by atoms with Gasteiger partial charge in [0.25, 0.3) is 0 Å². The fourth-order valence-electron chi connectivity index (χ4n) is 3.27. The van der Waals surface area contributed by atoms with E-state index in [4.69, 9.17) is 0 Å². The van der Waals surface area contributed by atoms with E-state index in [1.165, 1.54) is 0 Å². The number of carboxylic acid groups (broad SMARTS) is 1. The van der Waals surface area contributed by atoms with Crippen LogP contribution >= 0.6 is 0 Å². The molecule has 0 saturated carbocycles. The van der Waals surface area contributed by atoms with Crippen molar-refractivity contribution in [3.8, 4) is 0 Å². The molecule has 2 unspecified atom stereocenters. The summed E-state index contributed by atoms with van der Waals surface area (Å²) in [6.45, 7) is 5.77. The van der Waals surface area contributed by atoms with Gasteiger partial charge in [-0.15, -0.1) is 0 Å². The number of piperidine rings is 1. The van der Waals surface area contributed by atoms with Gasteiger partial charge in [-0.2, -0.15) is 0 Å². The zero-order valence-corrected chi connectivity index (χ0v) is 12.4. The van der Waals surface area contributed by atoms with Crippen LogP contribution in [0, 0.1) is 5.41 Å². The lowest BCUT2D eigenvalue weighted by molar-refractivity contribution is -0.154. The van der Waals surface area contributed by atoms with E-state index < -0.39 is 11.4 Å². The summed E-state index contributed by atoms with van der Waals surface area (Å²) in [5, 5.41) is 9.65. The van der Waals surface area contributed by atoms with Crippen LogP contribution in [-0.4, -0.2) is 34.0 Å². The number of carbonyl (C=O) groups is 1. The summed E-state index contributed by atoms with van der Waals surface area (Å²) in [7, 11) is 0. The van der Waals surface area contributed by atoms with Crippen LogP contribution in [0.15, 0.2) is 24.4 Å². The summed E-state index contributed by atoms with van der Waals surface area (Å²) in [5.41, 5.74) is 0.445. The number of hydrogen-bond acceptors (Lipinski definition) is 3. The van der Waals surface area contributed by atoms with Crippen LogP contribution < -0.4 is 0 Å². The number of likely N-dealkylation sites (tertiary alicyclic amines) is 1. The fraction of sp³-hybridized carbons (Fsp3) is 0.625. The Balaban J connectivity index is 2.15. The average Bonchev–Trinajstić information content (AvgIpc) is 2.48. The molecule has 0 aromatic carbocycles. The van der Waals surface area contributed by atoms with Crippen molar-refractivity contribution in [2.24, 2.45) is 5.41 Å². The largest absolute Gasteiger partial charge is 0.481 e. The normalized spacial score (nSPS) is 25.3. The van der Waals surface area contributed by atoms with E-state index in [0.29, 0.717) is 6.54 Å². The fourth-order valence-corrected chi connectivity index (χ4v) is 3.27. The molecule has 1 aliphatic rings. The van der Waals surface area contributed by atoms with E-state index in [1.807, 2.05) is 18.2 Å². The highest BCUT2D eigenvalue weighted by atomic mass is 16.4. The summed E-state index contributed by atoms with van der Waals surface area (Å²) in [6, 6.07) is 6.08. The minimum absolute atomic E-state index is 0.173. The second-order valence-electron chi connectivity index (χ2n) is 5.84. The molecule has 20 heavy (non-hydrogen) atoms. The Morgan fingerprint density at radius 3 is 2.95 bits per heavy atom. The van der Waals surface area contributed by atoms with Crippen LogP contribution in [0.3, 0.4) is 0 Å². The first kappa shape index (κ1) is 15.0. The molecular formula is C16H24N2O2. The van der Waals surface area contributed by atoms with E-state index in [2.05, 4.69) is 23.7 Å². The van der Waals surface area contributed by atoms with Gasteiger partial charge in [0.1, 0.15) is 0 Å². The summed E-state index contributed by atoms with van der Waals surface area (Å²) >= 11 is 0.